The Hall–Kier alpha value is -1.71. The molecule has 0 radical (unpaired) electrons. The number of nitrogens with one attached hydrogen (secondary N) is 1. The molecule has 1 aliphatic carbocycles. The molecule has 90 valence electrons. The van der Waals surface area contributed by atoms with Crippen molar-refractivity contribution in [1.29, 1.82) is 0 Å². The van der Waals surface area contributed by atoms with Crippen LogP contribution < -0.4 is 5.43 Å². The summed E-state index contributed by atoms with van der Waals surface area (Å²) in [4.78, 5) is 15.6. The first-order valence-corrected chi connectivity index (χ1v) is 6.08. The SMILES string of the molecule is CC[C@H]1CCCC1=NNC(=O)c1ccncc1. The maximum absolute atomic E-state index is 11.8. The number of nitrogens with zero attached hydrogens (tertiary/aromatic N) is 2. The number of hydrogen-bond acceptors (Lipinski definition) is 3. The Kier molecular flexibility index (Phi) is 3.85. The van der Waals surface area contributed by atoms with Gasteiger partial charge in [-0.05, 0) is 43.7 Å². The lowest BCUT2D eigenvalue weighted by Crippen LogP contribution is -2.20. The van der Waals surface area contributed by atoms with E-state index in [1.165, 1.54) is 12.8 Å². The molecule has 1 atom stereocenters. The van der Waals surface area contributed by atoms with Crippen molar-refractivity contribution < 1.29 is 4.79 Å². The second-order valence-corrected chi connectivity index (χ2v) is 4.28. The quantitative estimate of drug-likeness (QED) is 0.812. The third-order valence-electron chi connectivity index (χ3n) is 3.19. The van der Waals surface area contributed by atoms with Crippen molar-refractivity contribution in [2.75, 3.05) is 0 Å². The van der Waals surface area contributed by atoms with Gasteiger partial charge < -0.3 is 0 Å². The number of amides is 1. The van der Waals surface area contributed by atoms with Gasteiger partial charge in [0.1, 0.15) is 0 Å². The van der Waals surface area contributed by atoms with Crippen LogP contribution in [-0.4, -0.2) is 16.6 Å². The summed E-state index contributed by atoms with van der Waals surface area (Å²) in [6.07, 6.45) is 7.70. The Labute approximate surface area is 101 Å². The molecular formula is C13H17N3O. The van der Waals surface area contributed by atoms with E-state index in [0.29, 0.717) is 11.5 Å². The topological polar surface area (TPSA) is 54.4 Å². The van der Waals surface area contributed by atoms with Gasteiger partial charge in [0.2, 0.25) is 0 Å². The lowest BCUT2D eigenvalue weighted by atomic mass is 10.0. The van der Waals surface area contributed by atoms with Crippen LogP contribution in [0.25, 0.3) is 0 Å². The second kappa shape index (κ2) is 5.57. The molecule has 2 rings (SSSR count). The molecule has 1 saturated carbocycles. The molecule has 0 spiro atoms. The highest BCUT2D eigenvalue weighted by molar-refractivity contribution is 5.96. The van der Waals surface area contributed by atoms with E-state index in [0.717, 1.165) is 18.6 Å². The van der Waals surface area contributed by atoms with E-state index in [4.69, 9.17) is 0 Å². The molecule has 1 aromatic heterocycles. The molecule has 1 aromatic rings. The standard InChI is InChI=1S/C13H17N3O/c1-2-10-4-3-5-12(10)15-16-13(17)11-6-8-14-9-7-11/h6-10H,2-5H2,1H3,(H,16,17)/t10-/m0/s1. The molecule has 0 aromatic carbocycles. The average Bonchev–Trinajstić information content (AvgIpc) is 2.84. The van der Waals surface area contributed by atoms with Crippen LogP contribution in [0, 0.1) is 5.92 Å². The van der Waals surface area contributed by atoms with E-state index in [1.807, 2.05) is 0 Å². The van der Waals surface area contributed by atoms with E-state index < -0.39 is 0 Å². The number of rotatable bonds is 3. The molecule has 0 saturated heterocycles. The second-order valence-electron chi connectivity index (χ2n) is 4.28. The molecule has 1 N–H and O–H groups in total. The minimum absolute atomic E-state index is 0.165. The number of aromatic nitrogens is 1. The molecular weight excluding hydrogens is 214 g/mol. The molecule has 1 fully saturated rings. The predicted octanol–water partition coefficient (Wildman–Crippen LogP) is 2.38. The lowest BCUT2D eigenvalue weighted by Gasteiger charge is -2.07. The summed E-state index contributed by atoms with van der Waals surface area (Å²) >= 11 is 0. The van der Waals surface area contributed by atoms with Gasteiger partial charge in [0, 0.05) is 23.7 Å². The zero-order valence-electron chi connectivity index (χ0n) is 10.0. The summed E-state index contributed by atoms with van der Waals surface area (Å²) in [5.74, 6) is 0.384. The van der Waals surface area contributed by atoms with Gasteiger partial charge in [-0.2, -0.15) is 5.10 Å². The predicted molar refractivity (Wildman–Crippen MR) is 66.8 cm³/mol. The summed E-state index contributed by atoms with van der Waals surface area (Å²) < 4.78 is 0. The van der Waals surface area contributed by atoms with E-state index in [-0.39, 0.29) is 5.91 Å². The molecule has 4 heteroatoms. The van der Waals surface area contributed by atoms with Gasteiger partial charge in [-0.25, -0.2) is 5.43 Å². The number of hydrazone groups is 1. The van der Waals surface area contributed by atoms with Crippen LogP contribution in [0.2, 0.25) is 0 Å². The zero-order valence-corrected chi connectivity index (χ0v) is 10.0. The van der Waals surface area contributed by atoms with E-state index in [2.05, 4.69) is 22.4 Å². The molecule has 1 amide bonds. The Bertz CT molecular complexity index is 414. The number of pyridine rings is 1. The van der Waals surface area contributed by atoms with Gasteiger partial charge in [-0.3, -0.25) is 9.78 Å². The van der Waals surface area contributed by atoms with Crippen molar-refractivity contribution >= 4 is 11.6 Å². The maximum atomic E-state index is 11.8. The minimum Gasteiger partial charge on any atom is -0.267 e. The fourth-order valence-electron chi connectivity index (χ4n) is 2.18. The van der Waals surface area contributed by atoms with Crippen molar-refractivity contribution in [3.8, 4) is 0 Å². The van der Waals surface area contributed by atoms with Crippen LogP contribution in [0.1, 0.15) is 43.0 Å². The van der Waals surface area contributed by atoms with Crippen molar-refractivity contribution in [3.05, 3.63) is 30.1 Å². The highest BCUT2D eigenvalue weighted by Crippen LogP contribution is 2.24. The molecule has 0 aliphatic heterocycles. The number of carbonyl (C=O) groups excluding carboxylic acids is 1. The lowest BCUT2D eigenvalue weighted by molar-refractivity contribution is 0.0954. The van der Waals surface area contributed by atoms with Crippen molar-refractivity contribution in [2.45, 2.75) is 32.6 Å². The average molecular weight is 231 g/mol. The third kappa shape index (κ3) is 2.90. The van der Waals surface area contributed by atoms with Gasteiger partial charge in [0.25, 0.3) is 5.91 Å². The number of carbonyl (C=O) groups is 1. The summed E-state index contributed by atoms with van der Waals surface area (Å²) in [7, 11) is 0. The smallest absolute Gasteiger partial charge is 0.267 e. The maximum Gasteiger partial charge on any atom is 0.271 e. The van der Waals surface area contributed by atoms with Gasteiger partial charge in [0.05, 0.1) is 0 Å². The van der Waals surface area contributed by atoms with E-state index in [1.54, 1.807) is 24.5 Å². The van der Waals surface area contributed by atoms with Crippen LogP contribution in [-0.2, 0) is 0 Å². The molecule has 0 unspecified atom stereocenters. The Morgan fingerprint density at radius 1 is 1.53 bits per heavy atom. The van der Waals surface area contributed by atoms with Gasteiger partial charge in [0.15, 0.2) is 0 Å². The van der Waals surface area contributed by atoms with Crippen LogP contribution in [0.5, 0.6) is 0 Å². The Morgan fingerprint density at radius 3 is 3.00 bits per heavy atom. The third-order valence-corrected chi connectivity index (χ3v) is 3.19. The normalized spacial score (nSPS) is 21.7. The number of hydrogen-bond donors (Lipinski definition) is 1. The van der Waals surface area contributed by atoms with Crippen LogP contribution in [0.3, 0.4) is 0 Å². The summed E-state index contributed by atoms with van der Waals surface area (Å²) in [6.45, 7) is 2.16. The summed E-state index contributed by atoms with van der Waals surface area (Å²) in [6, 6.07) is 3.36. The van der Waals surface area contributed by atoms with Crippen molar-refractivity contribution in [1.82, 2.24) is 10.4 Å². The molecule has 1 aliphatic rings. The van der Waals surface area contributed by atoms with Crippen molar-refractivity contribution in [2.24, 2.45) is 11.0 Å². The highest BCUT2D eigenvalue weighted by atomic mass is 16.2. The largest absolute Gasteiger partial charge is 0.271 e. The summed E-state index contributed by atoms with van der Waals surface area (Å²) in [5, 5.41) is 4.25. The van der Waals surface area contributed by atoms with Gasteiger partial charge in [-0.15, -0.1) is 0 Å². The Morgan fingerprint density at radius 2 is 2.29 bits per heavy atom. The van der Waals surface area contributed by atoms with Crippen molar-refractivity contribution in [3.63, 3.8) is 0 Å². The first-order valence-electron chi connectivity index (χ1n) is 6.08. The van der Waals surface area contributed by atoms with E-state index >= 15 is 0 Å². The van der Waals surface area contributed by atoms with Crippen LogP contribution >= 0.6 is 0 Å². The Balaban J connectivity index is 1.98. The molecule has 1 heterocycles. The van der Waals surface area contributed by atoms with E-state index in [9.17, 15) is 4.79 Å². The molecule has 17 heavy (non-hydrogen) atoms. The fraction of sp³-hybridized carbons (Fsp3) is 0.462. The van der Waals surface area contributed by atoms with Crippen LogP contribution in [0.4, 0.5) is 0 Å². The first kappa shape index (κ1) is 11.8. The minimum atomic E-state index is -0.165. The highest BCUT2D eigenvalue weighted by Gasteiger charge is 2.20. The first-order chi connectivity index (χ1) is 8.31. The zero-order chi connectivity index (χ0) is 12.1. The molecule has 0 bridgehead atoms. The van der Waals surface area contributed by atoms with Gasteiger partial charge in [-0.1, -0.05) is 6.92 Å². The molecule has 4 nitrogen and oxygen atoms in total. The summed E-state index contributed by atoms with van der Waals surface area (Å²) in [5.41, 5.74) is 4.35. The monoisotopic (exact) mass is 231 g/mol. The van der Waals surface area contributed by atoms with Crippen LogP contribution in [0.15, 0.2) is 29.6 Å². The van der Waals surface area contributed by atoms with Gasteiger partial charge >= 0.3 is 0 Å². The fourth-order valence-corrected chi connectivity index (χ4v) is 2.18.